The van der Waals surface area contributed by atoms with E-state index in [0.29, 0.717) is 23.0 Å². The highest BCUT2D eigenvalue weighted by Crippen LogP contribution is 2.42. The van der Waals surface area contributed by atoms with Crippen LogP contribution in [0.15, 0.2) is 41.3 Å². The molecule has 1 saturated carbocycles. The summed E-state index contributed by atoms with van der Waals surface area (Å²) in [6.07, 6.45) is 2.07. The molecular formula is C20H25NO4S. The molecule has 1 N–H and O–H groups in total. The van der Waals surface area contributed by atoms with E-state index < -0.39 is 10.0 Å². The summed E-state index contributed by atoms with van der Waals surface area (Å²) in [4.78, 5) is 0.216. The van der Waals surface area contributed by atoms with Gasteiger partial charge in [0.05, 0.1) is 19.1 Å². The molecule has 0 spiro atoms. The van der Waals surface area contributed by atoms with Gasteiger partial charge in [0, 0.05) is 12.1 Å². The van der Waals surface area contributed by atoms with Crippen molar-refractivity contribution in [2.45, 2.75) is 37.6 Å². The zero-order chi connectivity index (χ0) is 18.9. The highest BCUT2D eigenvalue weighted by atomic mass is 32.2. The third-order valence-corrected chi connectivity index (χ3v) is 6.37. The maximum Gasteiger partial charge on any atom is 0.241 e. The van der Waals surface area contributed by atoms with Gasteiger partial charge in [-0.1, -0.05) is 29.8 Å². The van der Waals surface area contributed by atoms with E-state index in [9.17, 15) is 8.42 Å². The third kappa shape index (κ3) is 3.86. The Labute approximate surface area is 155 Å². The summed E-state index contributed by atoms with van der Waals surface area (Å²) in [6, 6.07) is 11.0. The molecule has 0 radical (unpaired) electrons. The van der Waals surface area contributed by atoms with Gasteiger partial charge in [0.2, 0.25) is 10.0 Å². The van der Waals surface area contributed by atoms with Crippen molar-refractivity contribution in [3.63, 3.8) is 0 Å². The van der Waals surface area contributed by atoms with Crippen LogP contribution in [0.4, 0.5) is 0 Å². The Morgan fingerprint density at radius 1 is 1.00 bits per heavy atom. The SMILES string of the molecule is COc1cc(C)c(S(=O)(=O)NC(c2ccc(C)cc2)C2CC2)cc1OC. The molecule has 1 aliphatic carbocycles. The summed E-state index contributed by atoms with van der Waals surface area (Å²) in [6.45, 7) is 3.78. The predicted molar refractivity (Wildman–Crippen MR) is 101 cm³/mol. The van der Waals surface area contributed by atoms with Crippen LogP contribution in [0, 0.1) is 19.8 Å². The first-order valence-corrected chi connectivity index (χ1v) is 10.2. The zero-order valence-electron chi connectivity index (χ0n) is 15.6. The number of sulfonamides is 1. The highest BCUT2D eigenvalue weighted by molar-refractivity contribution is 7.89. The van der Waals surface area contributed by atoms with Crippen LogP contribution in [0.2, 0.25) is 0 Å². The fourth-order valence-electron chi connectivity index (χ4n) is 3.12. The number of hydrogen-bond acceptors (Lipinski definition) is 4. The number of methoxy groups -OCH3 is 2. The normalized spacial score (nSPS) is 15.5. The maximum atomic E-state index is 13.1. The van der Waals surface area contributed by atoms with Crippen molar-refractivity contribution in [3.05, 3.63) is 53.1 Å². The number of rotatable bonds is 7. The molecule has 0 bridgehead atoms. The third-order valence-electron chi connectivity index (χ3n) is 4.78. The Balaban J connectivity index is 1.95. The van der Waals surface area contributed by atoms with Crippen LogP contribution in [0.1, 0.15) is 35.6 Å². The van der Waals surface area contributed by atoms with Gasteiger partial charge in [0.15, 0.2) is 11.5 Å². The summed E-state index contributed by atoms with van der Waals surface area (Å²) < 4.78 is 39.6. The van der Waals surface area contributed by atoms with Crippen molar-refractivity contribution in [1.29, 1.82) is 0 Å². The second-order valence-corrected chi connectivity index (χ2v) is 8.50. The Bertz CT molecular complexity index is 887. The molecule has 6 heteroatoms. The molecule has 1 atom stereocenters. The molecule has 0 aromatic heterocycles. The van der Waals surface area contributed by atoms with Crippen molar-refractivity contribution < 1.29 is 17.9 Å². The van der Waals surface area contributed by atoms with E-state index in [4.69, 9.17) is 9.47 Å². The van der Waals surface area contributed by atoms with E-state index in [-0.39, 0.29) is 10.9 Å². The van der Waals surface area contributed by atoms with Gasteiger partial charge in [0.25, 0.3) is 0 Å². The van der Waals surface area contributed by atoms with Gasteiger partial charge in [-0.25, -0.2) is 13.1 Å². The van der Waals surface area contributed by atoms with Gasteiger partial charge >= 0.3 is 0 Å². The quantitative estimate of drug-likeness (QED) is 0.800. The molecule has 0 aliphatic heterocycles. The summed E-state index contributed by atoms with van der Waals surface area (Å²) in [7, 11) is -0.668. The lowest BCUT2D eigenvalue weighted by atomic mass is 10.0. The average molecular weight is 375 g/mol. The standard InChI is InChI=1S/C20H25NO4S/c1-13-5-7-15(8-6-13)20(16-9-10-16)21-26(22,23)19-12-18(25-4)17(24-3)11-14(19)2/h5-8,11-12,16,20-21H,9-10H2,1-4H3. The van der Waals surface area contributed by atoms with Gasteiger partial charge in [0.1, 0.15) is 0 Å². The van der Waals surface area contributed by atoms with Crippen LogP contribution < -0.4 is 14.2 Å². The Hall–Kier alpha value is -2.05. The molecule has 26 heavy (non-hydrogen) atoms. The lowest BCUT2D eigenvalue weighted by molar-refractivity contribution is 0.353. The van der Waals surface area contributed by atoms with Crippen molar-refractivity contribution >= 4 is 10.0 Å². The van der Waals surface area contributed by atoms with Gasteiger partial charge in [-0.3, -0.25) is 0 Å². The van der Waals surface area contributed by atoms with E-state index in [2.05, 4.69) is 4.72 Å². The van der Waals surface area contributed by atoms with Gasteiger partial charge in [-0.2, -0.15) is 0 Å². The van der Waals surface area contributed by atoms with Crippen molar-refractivity contribution in [1.82, 2.24) is 4.72 Å². The van der Waals surface area contributed by atoms with E-state index >= 15 is 0 Å². The lowest BCUT2D eigenvalue weighted by Crippen LogP contribution is -2.30. The number of nitrogens with one attached hydrogen (secondary N) is 1. The fourth-order valence-corrected chi connectivity index (χ4v) is 4.66. The van der Waals surface area contributed by atoms with E-state index in [1.54, 1.807) is 13.0 Å². The van der Waals surface area contributed by atoms with Gasteiger partial charge < -0.3 is 9.47 Å². The second kappa shape index (κ2) is 7.29. The minimum Gasteiger partial charge on any atom is -0.493 e. The van der Waals surface area contributed by atoms with E-state index in [1.807, 2.05) is 31.2 Å². The van der Waals surface area contributed by atoms with Crippen LogP contribution in [0.5, 0.6) is 11.5 Å². The largest absolute Gasteiger partial charge is 0.493 e. The lowest BCUT2D eigenvalue weighted by Gasteiger charge is -2.20. The van der Waals surface area contributed by atoms with Crippen LogP contribution in [-0.4, -0.2) is 22.6 Å². The molecule has 0 amide bonds. The summed E-state index contributed by atoms with van der Waals surface area (Å²) >= 11 is 0. The topological polar surface area (TPSA) is 64.6 Å². The monoisotopic (exact) mass is 375 g/mol. The number of hydrogen-bond donors (Lipinski definition) is 1. The molecule has 5 nitrogen and oxygen atoms in total. The predicted octanol–water partition coefficient (Wildman–Crippen LogP) is 3.75. The van der Waals surface area contributed by atoms with Gasteiger partial charge in [-0.05, 0) is 49.8 Å². The smallest absolute Gasteiger partial charge is 0.241 e. The average Bonchev–Trinajstić information content (AvgIpc) is 3.45. The minimum atomic E-state index is -3.70. The maximum absolute atomic E-state index is 13.1. The van der Waals surface area contributed by atoms with Crippen LogP contribution in [0.25, 0.3) is 0 Å². The van der Waals surface area contributed by atoms with Crippen molar-refractivity contribution in [3.8, 4) is 11.5 Å². The highest BCUT2D eigenvalue weighted by Gasteiger charge is 2.36. The van der Waals surface area contributed by atoms with Crippen LogP contribution in [-0.2, 0) is 10.0 Å². The molecule has 2 aromatic rings. The van der Waals surface area contributed by atoms with Gasteiger partial charge in [-0.15, -0.1) is 0 Å². The van der Waals surface area contributed by atoms with E-state index in [1.165, 1.54) is 20.3 Å². The molecule has 0 saturated heterocycles. The zero-order valence-corrected chi connectivity index (χ0v) is 16.4. The van der Waals surface area contributed by atoms with Crippen molar-refractivity contribution in [2.75, 3.05) is 14.2 Å². The van der Waals surface area contributed by atoms with Crippen LogP contribution >= 0.6 is 0 Å². The Morgan fingerprint density at radius 3 is 2.12 bits per heavy atom. The first-order chi connectivity index (χ1) is 12.4. The molecule has 1 unspecified atom stereocenters. The minimum absolute atomic E-state index is 0.215. The molecular weight excluding hydrogens is 350 g/mol. The van der Waals surface area contributed by atoms with Crippen LogP contribution in [0.3, 0.4) is 0 Å². The first-order valence-electron chi connectivity index (χ1n) is 8.67. The summed E-state index contributed by atoms with van der Waals surface area (Å²) in [5.74, 6) is 1.26. The molecule has 1 aliphatic rings. The second-order valence-electron chi connectivity index (χ2n) is 6.82. The number of benzene rings is 2. The molecule has 140 valence electrons. The van der Waals surface area contributed by atoms with Crippen molar-refractivity contribution in [2.24, 2.45) is 5.92 Å². The number of ether oxygens (including phenoxy) is 2. The molecule has 1 fully saturated rings. The Kier molecular flexibility index (Phi) is 5.25. The number of aryl methyl sites for hydroxylation is 2. The Morgan fingerprint density at radius 2 is 1.58 bits per heavy atom. The fraction of sp³-hybridized carbons (Fsp3) is 0.400. The summed E-state index contributed by atoms with van der Waals surface area (Å²) in [5.41, 5.74) is 2.77. The first kappa shape index (κ1) is 18.7. The molecule has 0 heterocycles. The molecule has 3 rings (SSSR count). The summed E-state index contributed by atoms with van der Waals surface area (Å²) in [5, 5.41) is 0. The van der Waals surface area contributed by atoms with E-state index in [0.717, 1.165) is 24.0 Å². The molecule has 2 aromatic carbocycles.